The minimum atomic E-state index is 0.0645. The fourth-order valence-electron chi connectivity index (χ4n) is 5.09. The van der Waals surface area contributed by atoms with Crippen molar-refractivity contribution >= 4 is 5.91 Å². The predicted octanol–water partition coefficient (Wildman–Crippen LogP) is 5.71. The fourth-order valence-corrected chi connectivity index (χ4v) is 5.09. The van der Waals surface area contributed by atoms with E-state index in [9.17, 15) is 9.90 Å². The van der Waals surface area contributed by atoms with Crippen molar-refractivity contribution in [3.63, 3.8) is 0 Å². The first kappa shape index (κ1) is 20.8. The summed E-state index contributed by atoms with van der Waals surface area (Å²) in [6.45, 7) is 5.82. The standard InChI is InChI=1S/C26H33NO3/c1-3-5-25(30-23-7-4-6-18(2)14-23)20-10-8-19(9-11-20)16-27-17-21-12-13-22(28)15-24(21)26(27)29/h4,6-7,12-15,19-20,25,28H,3,5,8-11,16-17H2,1-2H3/t19-,20-,25?. The van der Waals surface area contributed by atoms with Crippen molar-refractivity contribution in [2.75, 3.05) is 6.54 Å². The van der Waals surface area contributed by atoms with Crippen LogP contribution in [0, 0.1) is 18.8 Å². The summed E-state index contributed by atoms with van der Waals surface area (Å²) in [6.07, 6.45) is 7.11. The van der Waals surface area contributed by atoms with Crippen LogP contribution < -0.4 is 4.74 Å². The van der Waals surface area contributed by atoms with E-state index < -0.39 is 0 Å². The fraction of sp³-hybridized carbons (Fsp3) is 0.500. The van der Waals surface area contributed by atoms with Crippen LogP contribution in [0.4, 0.5) is 0 Å². The maximum atomic E-state index is 12.7. The molecular formula is C26H33NO3. The Morgan fingerprint density at radius 1 is 1.13 bits per heavy atom. The van der Waals surface area contributed by atoms with E-state index in [1.807, 2.05) is 11.0 Å². The average molecular weight is 408 g/mol. The molecule has 1 atom stereocenters. The smallest absolute Gasteiger partial charge is 0.254 e. The first-order chi connectivity index (χ1) is 14.5. The summed E-state index contributed by atoms with van der Waals surface area (Å²) in [5, 5.41) is 9.68. The molecule has 1 aliphatic carbocycles. The molecule has 1 saturated carbocycles. The van der Waals surface area contributed by atoms with Gasteiger partial charge >= 0.3 is 0 Å². The molecule has 4 rings (SSSR count). The zero-order valence-corrected chi connectivity index (χ0v) is 18.1. The lowest BCUT2D eigenvalue weighted by atomic mass is 9.78. The van der Waals surface area contributed by atoms with Gasteiger partial charge in [0.25, 0.3) is 5.91 Å². The Hall–Kier alpha value is -2.49. The van der Waals surface area contributed by atoms with Crippen molar-refractivity contribution in [3.05, 3.63) is 59.2 Å². The van der Waals surface area contributed by atoms with E-state index in [2.05, 4.69) is 38.1 Å². The molecule has 0 radical (unpaired) electrons. The summed E-state index contributed by atoms with van der Waals surface area (Å²) in [5.41, 5.74) is 2.93. The number of carbonyl (C=O) groups is 1. The number of nitrogens with zero attached hydrogens (tertiary/aromatic N) is 1. The quantitative estimate of drug-likeness (QED) is 0.639. The lowest BCUT2D eigenvalue weighted by Crippen LogP contribution is -2.35. The summed E-state index contributed by atoms with van der Waals surface area (Å²) in [7, 11) is 0. The highest BCUT2D eigenvalue weighted by Crippen LogP contribution is 2.36. The van der Waals surface area contributed by atoms with Crippen molar-refractivity contribution in [2.24, 2.45) is 11.8 Å². The third-order valence-electron chi connectivity index (χ3n) is 6.72. The van der Waals surface area contributed by atoms with Crippen LogP contribution in [0.2, 0.25) is 0 Å². The number of carbonyl (C=O) groups excluding carboxylic acids is 1. The van der Waals surface area contributed by atoms with E-state index in [0.29, 0.717) is 23.9 Å². The van der Waals surface area contributed by atoms with Gasteiger partial charge in [-0.1, -0.05) is 31.5 Å². The van der Waals surface area contributed by atoms with Crippen molar-refractivity contribution in [1.82, 2.24) is 4.90 Å². The van der Waals surface area contributed by atoms with E-state index in [0.717, 1.165) is 56.4 Å². The second kappa shape index (κ2) is 9.11. The van der Waals surface area contributed by atoms with Gasteiger partial charge in [0.1, 0.15) is 17.6 Å². The number of hydrogen-bond acceptors (Lipinski definition) is 3. The Morgan fingerprint density at radius 3 is 2.67 bits per heavy atom. The molecule has 2 aromatic carbocycles. The zero-order valence-electron chi connectivity index (χ0n) is 18.1. The Balaban J connectivity index is 1.32. The Kier molecular flexibility index (Phi) is 6.31. The van der Waals surface area contributed by atoms with Gasteiger partial charge in [0.2, 0.25) is 0 Å². The van der Waals surface area contributed by atoms with Gasteiger partial charge in [0.05, 0.1) is 0 Å². The topological polar surface area (TPSA) is 49.8 Å². The largest absolute Gasteiger partial charge is 0.508 e. The predicted molar refractivity (Wildman–Crippen MR) is 119 cm³/mol. The molecule has 2 aliphatic rings. The summed E-state index contributed by atoms with van der Waals surface area (Å²) >= 11 is 0. The van der Waals surface area contributed by atoms with Crippen LogP contribution in [0.5, 0.6) is 11.5 Å². The number of hydrogen-bond donors (Lipinski definition) is 1. The number of aromatic hydroxyl groups is 1. The Labute approximate surface area is 179 Å². The summed E-state index contributed by atoms with van der Waals surface area (Å²) < 4.78 is 6.43. The summed E-state index contributed by atoms with van der Waals surface area (Å²) in [5.74, 6) is 2.36. The highest BCUT2D eigenvalue weighted by molar-refractivity contribution is 5.98. The second-order valence-electron chi connectivity index (χ2n) is 9.07. The van der Waals surface area contributed by atoms with Crippen LogP contribution in [0.1, 0.15) is 66.9 Å². The summed E-state index contributed by atoms with van der Waals surface area (Å²) in [4.78, 5) is 14.7. The normalized spacial score (nSPS) is 22.1. The van der Waals surface area contributed by atoms with Crippen LogP contribution >= 0.6 is 0 Å². The van der Waals surface area contributed by atoms with Crippen LogP contribution in [0.3, 0.4) is 0 Å². The number of rotatable bonds is 7. The van der Waals surface area contributed by atoms with Crippen molar-refractivity contribution < 1.29 is 14.6 Å². The number of phenolic OH excluding ortho intramolecular Hbond substituents is 1. The highest BCUT2D eigenvalue weighted by Gasteiger charge is 2.33. The van der Waals surface area contributed by atoms with Gasteiger partial charge in [-0.15, -0.1) is 0 Å². The van der Waals surface area contributed by atoms with E-state index in [4.69, 9.17) is 4.74 Å². The monoisotopic (exact) mass is 407 g/mol. The van der Waals surface area contributed by atoms with E-state index in [-0.39, 0.29) is 17.8 Å². The zero-order chi connectivity index (χ0) is 21.1. The molecule has 160 valence electrons. The van der Waals surface area contributed by atoms with Gasteiger partial charge in [-0.2, -0.15) is 0 Å². The molecule has 1 amide bonds. The molecule has 1 N–H and O–H groups in total. The molecule has 1 unspecified atom stereocenters. The minimum Gasteiger partial charge on any atom is -0.508 e. The molecule has 0 bridgehead atoms. The second-order valence-corrected chi connectivity index (χ2v) is 9.07. The first-order valence-electron chi connectivity index (χ1n) is 11.4. The van der Waals surface area contributed by atoms with Crippen molar-refractivity contribution in [3.8, 4) is 11.5 Å². The number of amides is 1. The maximum absolute atomic E-state index is 12.7. The first-order valence-corrected chi connectivity index (χ1v) is 11.4. The van der Waals surface area contributed by atoms with Gasteiger partial charge in [-0.25, -0.2) is 0 Å². The number of ether oxygens (including phenoxy) is 1. The number of aryl methyl sites for hydroxylation is 1. The molecule has 0 saturated heterocycles. The third-order valence-corrected chi connectivity index (χ3v) is 6.72. The van der Waals surface area contributed by atoms with Gasteiger partial charge in [0.15, 0.2) is 0 Å². The molecule has 4 nitrogen and oxygen atoms in total. The lowest BCUT2D eigenvalue weighted by Gasteiger charge is -2.35. The summed E-state index contributed by atoms with van der Waals surface area (Å²) in [6, 6.07) is 13.5. The lowest BCUT2D eigenvalue weighted by molar-refractivity contribution is 0.0644. The van der Waals surface area contributed by atoms with Crippen LogP contribution in [-0.2, 0) is 6.54 Å². The number of benzene rings is 2. The number of fused-ring (bicyclic) bond motifs is 1. The van der Waals surface area contributed by atoms with Crippen molar-refractivity contribution in [2.45, 2.75) is 65.0 Å². The molecule has 1 heterocycles. The average Bonchev–Trinajstić information content (AvgIpc) is 3.03. The van der Waals surface area contributed by atoms with Crippen LogP contribution in [0.15, 0.2) is 42.5 Å². The maximum Gasteiger partial charge on any atom is 0.254 e. The SMILES string of the molecule is CCCC(Oc1cccc(C)c1)[C@H]1CC[C@H](CN2Cc3ccc(O)cc3C2=O)CC1. The Bertz CT molecular complexity index is 886. The van der Waals surface area contributed by atoms with Crippen LogP contribution in [0.25, 0.3) is 0 Å². The van der Waals surface area contributed by atoms with Gasteiger partial charge in [0, 0.05) is 18.7 Å². The highest BCUT2D eigenvalue weighted by atomic mass is 16.5. The molecule has 2 aromatic rings. The minimum absolute atomic E-state index is 0.0645. The number of phenols is 1. The van der Waals surface area contributed by atoms with Crippen LogP contribution in [-0.4, -0.2) is 28.6 Å². The molecule has 1 fully saturated rings. The van der Waals surface area contributed by atoms with Crippen molar-refractivity contribution in [1.29, 1.82) is 0 Å². The molecular weight excluding hydrogens is 374 g/mol. The van der Waals surface area contributed by atoms with E-state index in [1.165, 1.54) is 5.56 Å². The molecule has 30 heavy (non-hydrogen) atoms. The van der Waals surface area contributed by atoms with E-state index >= 15 is 0 Å². The third kappa shape index (κ3) is 4.63. The van der Waals surface area contributed by atoms with Gasteiger partial charge in [-0.3, -0.25) is 4.79 Å². The van der Waals surface area contributed by atoms with E-state index in [1.54, 1.807) is 12.1 Å². The molecule has 1 aliphatic heterocycles. The molecule has 4 heteroatoms. The van der Waals surface area contributed by atoms with Gasteiger partial charge < -0.3 is 14.7 Å². The molecule has 0 spiro atoms. The van der Waals surface area contributed by atoms with Gasteiger partial charge in [-0.05, 0) is 86.3 Å². The molecule has 0 aromatic heterocycles. The Morgan fingerprint density at radius 2 is 1.93 bits per heavy atom.